The van der Waals surface area contributed by atoms with E-state index in [1.165, 1.54) is 24.3 Å². The van der Waals surface area contributed by atoms with Gasteiger partial charge in [-0.1, -0.05) is 18.2 Å². The summed E-state index contributed by atoms with van der Waals surface area (Å²) in [5.41, 5.74) is 2.48. The molecule has 5 nitrogen and oxygen atoms in total. The number of aromatic nitrogens is 2. The molecule has 2 aromatic carbocycles. The fraction of sp³-hybridized carbons (Fsp3) is 0.273. The molecule has 1 aliphatic rings. The molecule has 0 radical (unpaired) electrons. The lowest BCUT2D eigenvalue weighted by molar-refractivity contribution is -0.129. The highest BCUT2D eigenvalue weighted by Gasteiger charge is 2.28. The number of aromatic amines is 1. The minimum atomic E-state index is -0.343. The van der Waals surface area contributed by atoms with E-state index in [-0.39, 0.29) is 36.5 Å². The number of benzene rings is 2. The van der Waals surface area contributed by atoms with Gasteiger partial charge in [-0.2, -0.15) is 5.10 Å². The quantitative estimate of drug-likeness (QED) is 0.688. The van der Waals surface area contributed by atoms with E-state index in [0.29, 0.717) is 18.8 Å². The van der Waals surface area contributed by atoms with E-state index in [9.17, 15) is 13.6 Å². The number of likely N-dealkylation sites (tertiary alicyclic amines) is 1. The number of hydrogen-bond donors (Lipinski definition) is 1. The van der Waals surface area contributed by atoms with Crippen LogP contribution in [0.2, 0.25) is 0 Å². The third-order valence-electron chi connectivity index (χ3n) is 5.07. The lowest BCUT2D eigenvalue weighted by Gasteiger charge is -2.16. The van der Waals surface area contributed by atoms with E-state index >= 15 is 0 Å². The first-order valence-electron chi connectivity index (χ1n) is 9.51. The third kappa shape index (κ3) is 4.80. The smallest absolute Gasteiger partial charge is 0.227 e. The largest absolute Gasteiger partial charge is 0.487 e. The highest BCUT2D eigenvalue weighted by molar-refractivity contribution is 5.79. The molecule has 1 amide bonds. The molecule has 1 N–H and O–H groups in total. The molecule has 2 heterocycles. The summed E-state index contributed by atoms with van der Waals surface area (Å²) >= 11 is 0. The summed E-state index contributed by atoms with van der Waals surface area (Å²) in [6.07, 6.45) is 1.10. The summed E-state index contributed by atoms with van der Waals surface area (Å²) in [5.74, 6) is -0.00229. The highest BCUT2D eigenvalue weighted by atomic mass is 19.1. The number of ether oxygens (including phenoxy) is 1. The zero-order valence-corrected chi connectivity index (χ0v) is 15.8. The Morgan fingerprint density at radius 3 is 2.76 bits per heavy atom. The van der Waals surface area contributed by atoms with Crippen molar-refractivity contribution in [3.8, 4) is 5.75 Å². The molecule has 1 unspecified atom stereocenters. The molecule has 0 spiro atoms. The number of rotatable bonds is 6. The van der Waals surface area contributed by atoms with Crippen molar-refractivity contribution in [2.24, 2.45) is 0 Å². The predicted molar refractivity (Wildman–Crippen MR) is 103 cm³/mol. The van der Waals surface area contributed by atoms with E-state index in [1.807, 2.05) is 11.0 Å². The minimum Gasteiger partial charge on any atom is -0.487 e. The van der Waals surface area contributed by atoms with Crippen molar-refractivity contribution in [3.63, 3.8) is 0 Å². The molecule has 0 aliphatic carbocycles. The van der Waals surface area contributed by atoms with Crippen molar-refractivity contribution in [2.75, 3.05) is 13.1 Å². The average Bonchev–Trinajstić information content (AvgIpc) is 3.38. The van der Waals surface area contributed by atoms with Gasteiger partial charge in [0.2, 0.25) is 5.91 Å². The molecule has 1 aliphatic heterocycles. The van der Waals surface area contributed by atoms with Crippen LogP contribution in [-0.2, 0) is 17.8 Å². The highest BCUT2D eigenvalue weighted by Crippen LogP contribution is 2.27. The van der Waals surface area contributed by atoms with Crippen LogP contribution in [0.25, 0.3) is 0 Å². The van der Waals surface area contributed by atoms with Gasteiger partial charge in [0.15, 0.2) is 0 Å². The third-order valence-corrected chi connectivity index (χ3v) is 5.07. The summed E-state index contributed by atoms with van der Waals surface area (Å²) in [4.78, 5) is 14.3. The summed E-state index contributed by atoms with van der Waals surface area (Å²) in [7, 11) is 0. The number of hydrogen-bond acceptors (Lipinski definition) is 3. The van der Waals surface area contributed by atoms with Crippen molar-refractivity contribution < 1.29 is 18.3 Å². The van der Waals surface area contributed by atoms with Gasteiger partial charge in [0, 0.05) is 25.1 Å². The van der Waals surface area contributed by atoms with Gasteiger partial charge in [-0.3, -0.25) is 9.89 Å². The number of halogens is 2. The van der Waals surface area contributed by atoms with Gasteiger partial charge in [-0.25, -0.2) is 8.78 Å². The minimum absolute atomic E-state index is 0.0318. The second-order valence-corrected chi connectivity index (χ2v) is 7.19. The van der Waals surface area contributed by atoms with Crippen LogP contribution < -0.4 is 4.74 Å². The van der Waals surface area contributed by atoms with Crippen LogP contribution in [0.15, 0.2) is 54.6 Å². The second-order valence-electron chi connectivity index (χ2n) is 7.19. The molecule has 0 bridgehead atoms. The van der Waals surface area contributed by atoms with Crippen molar-refractivity contribution in [1.29, 1.82) is 0 Å². The maximum atomic E-state index is 13.2. The first-order valence-corrected chi connectivity index (χ1v) is 9.51. The molecule has 1 aromatic heterocycles. The monoisotopic (exact) mass is 397 g/mol. The topological polar surface area (TPSA) is 58.2 Å². The summed E-state index contributed by atoms with van der Waals surface area (Å²) < 4.78 is 31.8. The van der Waals surface area contributed by atoms with Gasteiger partial charge >= 0.3 is 0 Å². The van der Waals surface area contributed by atoms with Gasteiger partial charge < -0.3 is 9.64 Å². The number of amides is 1. The van der Waals surface area contributed by atoms with Crippen LogP contribution in [0.5, 0.6) is 5.75 Å². The van der Waals surface area contributed by atoms with Crippen LogP contribution in [0.1, 0.15) is 29.3 Å². The van der Waals surface area contributed by atoms with Crippen molar-refractivity contribution in [1.82, 2.24) is 15.1 Å². The van der Waals surface area contributed by atoms with Crippen LogP contribution >= 0.6 is 0 Å². The number of H-pyrrole nitrogens is 1. The lowest BCUT2D eigenvalue weighted by Crippen LogP contribution is -2.29. The van der Waals surface area contributed by atoms with E-state index in [2.05, 4.69) is 10.2 Å². The summed E-state index contributed by atoms with van der Waals surface area (Å²) in [5, 5.41) is 7.31. The Morgan fingerprint density at radius 1 is 1.14 bits per heavy atom. The fourth-order valence-electron chi connectivity index (χ4n) is 3.50. The van der Waals surface area contributed by atoms with E-state index in [1.54, 1.807) is 24.3 Å². The zero-order chi connectivity index (χ0) is 20.2. The lowest BCUT2D eigenvalue weighted by atomic mass is 10.1. The standard InChI is InChI=1S/C22H21F2N3O2/c23-17-6-4-15(5-7-17)10-22(28)27-9-8-16(13-27)21-12-19(25-26-21)14-29-20-3-1-2-18(24)11-20/h1-7,11-12,16H,8-10,13-14H2,(H,25,26). The Balaban J connectivity index is 1.31. The van der Waals surface area contributed by atoms with Crippen LogP contribution in [0.3, 0.4) is 0 Å². The van der Waals surface area contributed by atoms with E-state index in [0.717, 1.165) is 23.4 Å². The zero-order valence-electron chi connectivity index (χ0n) is 15.8. The Labute approximate surface area is 167 Å². The molecule has 1 atom stereocenters. The second kappa shape index (κ2) is 8.43. The normalized spacial score (nSPS) is 16.2. The number of carbonyl (C=O) groups excluding carboxylic acids is 1. The molecule has 1 saturated heterocycles. The Hall–Kier alpha value is -3.22. The molecule has 29 heavy (non-hydrogen) atoms. The SMILES string of the molecule is O=C(Cc1ccc(F)cc1)N1CCC(c2cc(COc3cccc(F)c3)[nH]n2)C1. The fourth-order valence-corrected chi connectivity index (χ4v) is 3.50. The van der Waals surface area contributed by atoms with Crippen molar-refractivity contribution in [3.05, 3.63) is 83.2 Å². The van der Waals surface area contributed by atoms with Crippen LogP contribution in [0, 0.1) is 11.6 Å². The van der Waals surface area contributed by atoms with Crippen LogP contribution in [0.4, 0.5) is 8.78 Å². The van der Waals surface area contributed by atoms with Gasteiger partial charge in [-0.05, 0) is 42.3 Å². The maximum Gasteiger partial charge on any atom is 0.227 e. The molecule has 150 valence electrons. The molecule has 1 fully saturated rings. The van der Waals surface area contributed by atoms with Gasteiger partial charge in [0.25, 0.3) is 0 Å². The molecule has 3 aromatic rings. The first kappa shape index (κ1) is 19.1. The average molecular weight is 397 g/mol. The van der Waals surface area contributed by atoms with Gasteiger partial charge in [0.05, 0.1) is 17.8 Å². The molecular weight excluding hydrogens is 376 g/mol. The number of nitrogens with zero attached hydrogens (tertiary/aromatic N) is 2. The Morgan fingerprint density at radius 2 is 1.97 bits per heavy atom. The van der Waals surface area contributed by atoms with Gasteiger partial charge in [-0.15, -0.1) is 0 Å². The molecule has 4 rings (SSSR count). The summed E-state index contributed by atoms with van der Waals surface area (Å²) in [6, 6.07) is 13.9. The molecule has 7 heteroatoms. The van der Waals surface area contributed by atoms with E-state index in [4.69, 9.17) is 4.74 Å². The number of nitrogens with one attached hydrogen (secondary N) is 1. The van der Waals surface area contributed by atoms with Crippen molar-refractivity contribution >= 4 is 5.91 Å². The Kier molecular flexibility index (Phi) is 5.55. The summed E-state index contributed by atoms with van der Waals surface area (Å²) in [6.45, 7) is 1.54. The van der Waals surface area contributed by atoms with E-state index < -0.39 is 0 Å². The maximum absolute atomic E-state index is 13.2. The van der Waals surface area contributed by atoms with Gasteiger partial charge in [0.1, 0.15) is 24.0 Å². The Bertz CT molecular complexity index is 988. The molecule has 0 saturated carbocycles. The predicted octanol–water partition coefficient (Wildman–Crippen LogP) is 3.83. The van der Waals surface area contributed by atoms with Crippen molar-refractivity contribution in [2.45, 2.75) is 25.4 Å². The molecular formula is C22H21F2N3O2. The van der Waals surface area contributed by atoms with Crippen LogP contribution in [-0.4, -0.2) is 34.1 Å². The first-order chi connectivity index (χ1) is 14.1. The number of carbonyl (C=O) groups is 1.